The standard InChI is InChI=1S/C6H15NO3.Al.3H/c8-4-1-7(2-5-9)3-6-10;;;;/h8-10H,1-6H2;;;;. The van der Waals surface area contributed by atoms with Crippen molar-refractivity contribution in [2.45, 2.75) is 0 Å². The van der Waals surface area contributed by atoms with Gasteiger partial charge in [0.25, 0.3) is 0 Å². The maximum absolute atomic E-state index is 8.48. The monoisotopic (exact) mass is 179 g/mol. The maximum Gasteiger partial charge on any atom is 0.187 e. The van der Waals surface area contributed by atoms with Crippen molar-refractivity contribution >= 4 is 17.4 Å². The van der Waals surface area contributed by atoms with Crippen LogP contribution in [0, 0.1) is 0 Å². The Labute approximate surface area is 77.6 Å². The molecule has 0 rings (SSSR count). The highest BCUT2D eigenvalue weighted by Crippen LogP contribution is 1.84. The van der Waals surface area contributed by atoms with E-state index in [4.69, 9.17) is 15.3 Å². The fourth-order valence-corrected chi connectivity index (χ4v) is 0.760. The van der Waals surface area contributed by atoms with Gasteiger partial charge in [0.1, 0.15) is 0 Å². The van der Waals surface area contributed by atoms with Gasteiger partial charge in [0.15, 0.2) is 17.4 Å². The summed E-state index contributed by atoms with van der Waals surface area (Å²) in [6.07, 6.45) is 0. The molecule has 11 heavy (non-hydrogen) atoms. The van der Waals surface area contributed by atoms with E-state index in [1.54, 1.807) is 4.90 Å². The molecule has 0 aromatic heterocycles. The van der Waals surface area contributed by atoms with Gasteiger partial charge in [-0.2, -0.15) is 0 Å². The second-order valence-electron chi connectivity index (χ2n) is 2.01. The molecule has 0 bridgehead atoms. The lowest BCUT2D eigenvalue weighted by Gasteiger charge is -2.17. The van der Waals surface area contributed by atoms with Crippen LogP contribution in [0.5, 0.6) is 0 Å². The Morgan fingerprint density at radius 2 is 1.00 bits per heavy atom. The highest BCUT2D eigenvalue weighted by Gasteiger charge is 2.00. The Balaban J connectivity index is 0. The van der Waals surface area contributed by atoms with Crippen LogP contribution >= 0.6 is 0 Å². The van der Waals surface area contributed by atoms with E-state index in [1.807, 2.05) is 0 Å². The van der Waals surface area contributed by atoms with Crippen LogP contribution in [0.2, 0.25) is 0 Å². The van der Waals surface area contributed by atoms with Crippen LogP contribution in [-0.2, 0) is 0 Å². The summed E-state index contributed by atoms with van der Waals surface area (Å²) in [7, 11) is 0. The lowest BCUT2D eigenvalue weighted by molar-refractivity contribution is 0.136. The van der Waals surface area contributed by atoms with Gasteiger partial charge in [0.05, 0.1) is 19.8 Å². The number of nitrogens with zero attached hydrogens (tertiary/aromatic N) is 1. The molecule has 0 radical (unpaired) electrons. The molecular weight excluding hydrogens is 161 g/mol. The van der Waals surface area contributed by atoms with Gasteiger partial charge in [0, 0.05) is 19.6 Å². The molecule has 3 N–H and O–H groups in total. The summed E-state index contributed by atoms with van der Waals surface area (Å²) in [5.74, 6) is 0. The summed E-state index contributed by atoms with van der Waals surface area (Å²) in [6, 6.07) is 0. The van der Waals surface area contributed by atoms with E-state index in [2.05, 4.69) is 0 Å². The second-order valence-corrected chi connectivity index (χ2v) is 2.01. The van der Waals surface area contributed by atoms with Gasteiger partial charge >= 0.3 is 0 Å². The van der Waals surface area contributed by atoms with Crippen molar-refractivity contribution in [2.75, 3.05) is 39.5 Å². The van der Waals surface area contributed by atoms with Gasteiger partial charge in [-0.25, -0.2) is 0 Å². The Hall–Kier alpha value is 0.372. The molecule has 0 saturated heterocycles. The van der Waals surface area contributed by atoms with Crippen LogP contribution in [0.3, 0.4) is 0 Å². The first kappa shape index (κ1) is 13.9. The fourth-order valence-electron chi connectivity index (χ4n) is 0.760. The predicted molar refractivity (Wildman–Crippen MR) is 47.6 cm³/mol. The van der Waals surface area contributed by atoms with Crippen molar-refractivity contribution < 1.29 is 15.3 Å². The number of aliphatic hydroxyl groups is 3. The Morgan fingerprint density at radius 1 is 0.727 bits per heavy atom. The van der Waals surface area contributed by atoms with Gasteiger partial charge in [0.2, 0.25) is 0 Å². The molecule has 0 heterocycles. The van der Waals surface area contributed by atoms with Gasteiger partial charge in [-0.3, -0.25) is 4.90 Å². The van der Waals surface area contributed by atoms with Gasteiger partial charge in [-0.1, -0.05) is 0 Å². The second kappa shape index (κ2) is 10.4. The van der Waals surface area contributed by atoms with Crippen molar-refractivity contribution in [1.29, 1.82) is 0 Å². The lowest BCUT2D eigenvalue weighted by Crippen LogP contribution is -2.32. The highest BCUT2D eigenvalue weighted by atomic mass is 27.0. The minimum Gasteiger partial charge on any atom is -0.395 e. The van der Waals surface area contributed by atoms with E-state index >= 15 is 0 Å². The zero-order valence-electron chi connectivity index (χ0n) is 6.03. The predicted octanol–water partition coefficient (Wildman–Crippen LogP) is -2.92. The summed E-state index contributed by atoms with van der Waals surface area (Å²) in [5, 5.41) is 25.5. The van der Waals surface area contributed by atoms with Crippen LogP contribution in [0.15, 0.2) is 0 Å². The first-order chi connectivity index (χ1) is 4.85. The maximum atomic E-state index is 8.48. The Kier molecular flexibility index (Phi) is 13.1. The van der Waals surface area contributed by atoms with Crippen LogP contribution in [-0.4, -0.2) is 77.0 Å². The number of rotatable bonds is 6. The van der Waals surface area contributed by atoms with E-state index < -0.39 is 0 Å². The van der Waals surface area contributed by atoms with Crippen LogP contribution in [0.25, 0.3) is 0 Å². The van der Waals surface area contributed by atoms with E-state index in [0.29, 0.717) is 19.6 Å². The lowest BCUT2D eigenvalue weighted by atomic mass is 10.4. The first-order valence-corrected chi connectivity index (χ1v) is 3.40. The minimum atomic E-state index is 0. The first-order valence-electron chi connectivity index (χ1n) is 3.40. The van der Waals surface area contributed by atoms with Crippen LogP contribution in [0.4, 0.5) is 0 Å². The molecule has 0 aromatic rings. The molecule has 0 atom stereocenters. The molecule has 0 amide bonds. The summed E-state index contributed by atoms with van der Waals surface area (Å²) >= 11 is 0. The highest BCUT2D eigenvalue weighted by molar-refractivity contribution is 5.75. The van der Waals surface area contributed by atoms with Crippen molar-refractivity contribution in [1.82, 2.24) is 4.90 Å². The Bertz CT molecular complexity index is 60.6. The smallest absolute Gasteiger partial charge is 0.187 e. The molecule has 68 valence electrons. The zero-order valence-corrected chi connectivity index (χ0v) is 6.03. The molecule has 5 heteroatoms. The topological polar surface area (TPSA) is 63.9 Å². The number of aliphatic hydroxyl groups excluding tert-OH is 3. The van der Waals surface area contributed by atoms with E-state index in [9.17, 15) is 0 Å². The van der Waals surface area contributed by atoms with Crippen molar-refractivity contribution in [3.8, 4) is 0 Å². The van der Waals surface area contributed by atoms with Gasteiger partial charge in [-0.15, -0.1) is 0 Å². The average Bonchev–Trinajstić information content (AvgIpc) is 1.90. The van der Waals surface area contributed by atoms with E-state index in [-0.39, 0.29) is 37.2 Å². The molecule has 0 aliphatic heterocycles. The largest absolute Gasteiger partial charge is 0.395 e. The van der Waals surface area contributed by atoms with Crippen LogP contribution < -0.4 is 0 Å². The van der Waals surface area contributed by atoms with E-state index in [0.717, 1.165) is 0 Å². The zero-order chi connectivity index (χ0) is 7.82. The van der Waals surface area contributed by atoms with E-state index in [1.165, 1.54) is 0 Å². The molecule has 0 unspecified atom stereocenters. The van der Waals surface area contributed by atoms with Gasteiger partial charge < -0.3 is 15.3 Å². The molecule has 0 fully saturated rings. The summed E-state index contributed by atoms with van der Waals surface area (Å²) in [4.78, 5) is 1.79. The summed E-state index contributed by atoms with van der Waals surface area (Å²) < 4.78 is 0. The summed E-state index contributed by atoms with van der Waals surface area (Å²) in [6.45, 7) is 1.75. The molecule has 0 aromatic carbocycles. The molecular formula is C6H18AlNO3. The normalized spacial score (nSPS) is 9.82. The van der Waals surface area contributed by atoms with Crippen molar-refractivity contribution in [3.63, 3.8) is 0 Å². The van der Waals surface area contributed by atoms with Crippen molar-refractivity contribution in [2.24, 2.45) is 0 Å². The third-order valence-corrected chi connectivity index (χ3v) is 1.25. The third-order valence-electron chi connectivity index (χ3n) is 1.25. The summed E-state index contributed by atoms with van der Waals surface area (Å²) in [5.41, 5.74) is 0. The molecule has 0 saturated carbocycles. The number of hydrogen-bond acceptors (Lipinski definition) is 4. The molecule has 0 spiro atoms. The SMILES string of the molecule is OCCN(CCO)CCO.[AlH3]. The Morgan fingerprint density at radius 3 is 1.18 bits per heavy atom. The average molecular weight is 179 g/mol. The fraction of sp³-hybridized carbons (Fsp3) is 1.00. The quantitative estimate of drug-likeness (QED) is 0.382. The molecule has 4 nitrogen and oxygen atoms in total. The molecule has 0 aliphatic rings. The minimum absolute atomic E-state index is 0. The molecule has 0 aliphatic carbocycles. The third kappa shape index (κ3) is 8.28. The van der Waals surface area contributed by atoms with Crippen LogP contribution in [0.1, 0.15) is 0 Å². The van der Waals surface area contributed by atoms with Crippen molar-refractivity contribution in [3.05, 3.63) is 0 Å². The number of hydrogen-bond donors (Lipinski definition) is 3. The van der Waals surface area contributed by atoms with Gasteiger partial charge in [-0.05, 0) is 0 Å².